The van der Waals surface area contributed by atoms with Crippen molar-refractivity contribution in [3.63, 3.8) is 0 Å². The summed E-state index contributed by atoms with van der Waals surface area (Å²) in [6.07, 6.45) is 0.583. The average Bonchev–Trinajstić information content (AvgIpc) is 2.87. The van der Waals surface area contributed by atoms with Crippen molar-refractivity contribution >= 4 is 11.9 Å². The number of hydrogen-bond acceptors (Lipinski definition) is 5. The van der Waals surface area contributed by atoms with E-state index >= 15 is 0 Å². The topological polar surface area (TPSA) is 101 Å². The predicted octanol–water partition coefficient (Wildman–Crippen LogP) is 0.177. The Kier molecular flexibility index (Phi) is 4.29. The zero-order valence-corrected chi connectivity index (χ0v) is 11.4. The zero-order valence-electron chi connectivity index (χ0n) is 11.4. The molecule has 0 saturated carbocycles. The van der Waals surface area contributed by atoms with Crippen molar-refractivity contribution in [1.29, 1.82) is 0 Å². The number of carboxylic acid groups (broad SMARTS) is 1. The molecule has 1 aromatic rings. The van der Waals surface area contributed by atoms with Crippen LogP contribution in [0, 0.1) is 12.8 Å². The molecule has 0 aromatic carbocycles. The van der Waals surface area contributed by atoms with Crippen LogP contribution in [0.4, 0.5) is 0 Å². The van der Waals surface area contributed by atoms with E-state index in [-0.39, 0.29) is 19.1 Å². The van der Waals surface area contributed by atoms with Gasteiger partial charge in [0.1, 0.15) is 5.92 Å². The lowest BCUT2D eigenvalue weighted by Crippen LogP contribution is -2.43. The SMILES string of the molecule is CCc1nnc(C)cc1C(=O)NC1COCC1C(=O)O. The molecule has 2 unspecified atom stereocenters. The van der Waals surface area contributed by atoms with Crippen LogP contribution in [0.1, 0.15) is 28.7 Å². The first kappa shape index (κ1) is 14.4. The number of carbonyl (C=O) groups is 2. The molecule has 1 aliphatic heterocycles. The van der Waals surface area contributed by atoms with Gasteiger partial charge >= 0.3 is 5.97 Å². The second-order valence-corrected chi connectivity index (χ2v) is 4.76. The summed E-state index contributed by atoms with van der Waals surface area (Å²) in [5.74, 6) is -2.01. The van der Waals surface area contributed by atoms with E-state index in [1.54, 1.807) is 13.0 Å². The van der Waals surface area contributed by atoms with E-state index in [9.17, 15) is 9.59 Å². The van der Waals surface area contributed by atoms with Crippen molar-refractivity contribution in [1.82, 2.24) is 15.5 Å². The molecule has 108 valence electrons. The first-order chi connectivity index (χ1) is 9.52. The number of hydrogen-bond donors (Lipinski definition) is 2. The van der Waals surface area contributed by atoms with E-state index in [0.717, 1.165) is 0 Å². The minimum Gasteiger partial charge on any atom is -0.481 e. The van der Waals surface area contributed by atoms with E-state index in [0.29, 0.717) is 23.4 Å². The minimum absolute atomic E-state index is 0.120. The van der Waals surface area contributed by atoms with Gasteiger partial charge in [0.05, 0.1) is 36.2 Å². The number of aliphatic carboxylic acids is 1. The highest BCUT2D eigenvalue weighted by Gasteiger charge is 2.35. The van der Waals surface area contributed by atoms with Crippen molar-refractivity contribution < 1.29 is 19.4 Å². The van der Waals surface area contributed by atoms with Crippen LogP contribution in [-0.4, -0.2) is 46.4 Å². The Labute approximate surface area is 116 Å². The molecule has 1 amide bonds. The molecular formula is C13H17N3O4. The van der Waals surface area contributed by atoms with Gasteiger partial charge in [-0.15, -0.1) is 0 Å². The third kappa shape index (κ3) is 2.93. The van der Waals surface area contributed by atoms with Crippen molar-refractivity contribution in [3.05, 3.63) is 23.0 Å². The fraction of sp³-hybridized carbons (Fsp3) is 0.538. The molecule has 7 heteroatoms. The summed E-state index contributed by atoms with van der Waals surface area (Å²) in [6.45, 7) is 3.97. The molecule has 0 spiro atoms. The summed E-state index contributed by atoms with van der Waals surface area (Å²) < 4.78 is 5.12. The predicted molar refractivity (Wildman–Crippen MR) is 69.3 cm³/mol. The van der Waals surface area contributed by atoms with Gasteiger partial charge < -0.3 is 15.2 Å². The Bertz CT molecular complexity index is 532. The molecule has 1 saturated heterocycles. The van der Waals surface area contributed by atoms with Crippen LogP contribution in [0.3, 0.4) is 0 Å². The fourth-order valence-electron chi connectivity index (χ4n) is 2.16. The molecule has 2 heterocycles. The molecule has 1 fully saturated rings. The van der Waals surface area contributed by atoms with Crippen LogP contribution in [0.5, 0.6) is 0 Å². The third-order valence-electron chi connectivity index (χ3n) is 3.29. The lowest BCUT2D eigenvalue weighted by atomic mass is 10.0. The van der Waals surface area contributed by atoms with Gasteiger partial charge in [-0.3, -0.25) is 9.59 Å². The number of amides is 1. The van der Waals surface area contributed by atoms with E-state index in [2.05, 4.69) is 15.5 Å². The van der Waals surface area contributed by atoms with Crippen LogP contribution < -0.4 is 5.32 Å². The number of nitrogens with one attached hydrogen (secondary N) is 1. The number of nitrogens with zero attached hydrogens (tertiary/aromatic N) is 2. The highest BCUT2D eigenvalue weighted by Crippen LogP contribution is 2.15. The van der Waals surface area contributed by atoms with Crippen LogP contribution >= 0.6 is 0 Å². The Morgan fingerprint density at radius 3 is 2.85 bits per heavy atom. The van der Waals surface area contributed by atoms with Crippen LogP contribution in [0.25, 0.3) is 0 Å². The number of rotatable bonds is 4. The van der Waals surface area contributed by atoms with Crippen LogP contribution in [0.2, 0.25) is 0 Å². The monoisotopic (exact) mass is 279 g/mol. The summed E-state index contributed by atoms with van der Waals surface area (Å²) in [5, 5.41) is 19.7. The van der Waals surface area contributed by atoms with Crippen molar-refractivity contribution in [2.24, 2.45) is 5.92 Å². The first-order valence-electron chi connectivity index (χ1n) is 6.47. The summed E-state index contributed by atoms with van der Waals surface area (Å²) in [7, 11) is 0. The van der Waals surface area contributed by atoms with Crippen LogP contribution in [-0.2, 0) is 16.0 Å². The highest BCUT2D eigenvalue weighted by molar-refractivity contribution is 5.95. The summed E-state index contributed by atoms with van der Waals surface area (Å²) in [5.41, 5.74) is 1.68. The molecule has 1 aromatic heterocycles. The second kappa shape index (κ2) is 5.96. The first-order valence-corrected chi connectivity index (χ1v) is 6.47. The minimum atomic E-state index is -0.965. The lowest BCUT2D eigenvalue weighted by Gasteiger charge is -2.16. The van der Waals surface area contributed by atoms with E-state index in [1.807, 2.05) is 6.92 Å². The van der Waals surface area contributed by atoms with Gasteiger partial charge in [-0.05, 0) is 19.4 Å². The molecule has 0 aliphatic carbocycles. The van der Waals surface area contributed by atoms with Gasteiger partial charge in [0.15, 0.2) is 0 Å². The zero-order chi connectivity index (χ0) is 14.7. The van der Waals surface area contributed by atoms with Gasteiger partial charge in [-0.2, -0.15) is 10.2 Å². The number of ether oxygens (including phenoxy) is 1. The van der Waals surface area contributed by atoms with Gasteiger partial charge in [0.25, 0.3) is 5.91 Å². The maximum absolute atomic E-state index is 12.3. The number of aromatic nitrogens is 2. The third-order valence-corrected chi connectivity index (χ3v) is 3.29. The van der Waals surface area contributed by atoms with Crippen molar-refractivity contribution in [3.8, 4) is 0 Å². The molecule has 2 atom stereocenters. The molecule has 2 rings (SSSR count). The summed E-state index contributed by atoms with van der Waals surface area (Å²) in [4.78, 5) is 23.3. The lowest BCUT2D eigenvalue weighted by molar-refractivity contribution is -0.142. The van der Waals surface area contributed by atoms with Gasteiger partial charge in [-0.1, -0.05) is 6.92 Å². The highest BCUT2D eigenvalue weighted by atomic mass is 16.5. The largest absolute Gasteiger partial charge is 0.481 e. The van der Waals surface area contributed by atoms with Gasteiger partial charge in [0.2, 0.25) is 0 Å². The number of carbonyl (C=O) groups excluding carboxylic acids is 1. The Morgan fingerprint density at radius 2 is 2.20 bits per heavy atom. The van der Waals surface area contributed by atoms with Crippen LogP contribution in [0.15, 0.2) is 6.07 Å². The summed E-state index contributed by atoms with van der Waals surface area (Å²) >= 11 is 0. The maximum atomic E-state index is 12.3. The second-order valence-electron chi connectivity index (χ2n) is 4.76. The van der Waals surface area contributed by atoms with Crippen molar-refractivity contribution in [2.75, 3.05) is 13.2 Å². The number of aryl methyl sites for hydroxylation is 2. The van der Waals surface area contributed by atoms with Crippen molar-refractivity contribution in [2.45, 2.75) is 26.3 Å². The molecule has 0 bridgehead atoms. The Morgan fingerprint density at radius 1 is 1.45 bits per heavy atom. The summed E-state index contributed by atoms with van der Waals surface area (Å²) in [6, 6.07) is 1.14. The van der Waals surface area contributed by atoms with E-state index in [4.69, 9.17) is 9.84 Å². The van der Waals surface area contributed by atoms with Gasteiger partial charge in [-0.25, -0.2) is 0 Å². The van der Waals surface area contributed by atoms with E-state index in [1.165, 1.54) is 0 Å². The maximum Gasteiger partial charge on any atom is 0.311 e. The molecule has 7 nitrogen and oxygen atoms in total. The quantitative estimate of drug-likeness (QED) is 0.815. The molecule has 0 radical (unpaired) electrons. The number of carboxylic acids is 1. The smallest absolute Gasteiger partial charge is 0.311 e. The van der Waals surface area contributed by atoms with E-state index < -0.39 is 17.9 Å². The molecule has 1 aliphatic rings. The normalized spacial score (nSPS) is 21.7. The average molecular weight is 279 g/mol. The fourth-order valence-corrected chi connectivity index (χ4v) is 2.16. The molecule has 2 N–H and O–H groups in total. The Balaban J connectivity index is 2.16. The molecular weight excluding hydrogens is 262 g/mol. The Hall–Kier alpha value is -2.02. The molecule has 20 heavy (non-hydrogen) atoms. The van der Waals surface area contributed by atoms with Gasteiger partial charge in [0, 0.05) is 0 Å². The standard InChI is InChI=1S/C13H17N3O4/c1-3-10-8(4-7(2)15-16-10)12(17)14-11-6-20-5-9(11)13(18)19/h4,9,11H,3,5-6H2,1-2H3,(H,14,17)(H,18,19).